The molecule has 0 saturated heterocycles. The molecule has 1 amide bonds. The molecule has 0 radical (unpaired) electrons. The van der Waals surface area contributed by atoms with Gasteiger partial charge in [-0.05, 0) is 45.0 Å². The number of hydrogen-bond donors (Lipinski definition) is 1. The number of ether oxygens (including phenoxy) is 1. The molecule has 1 N–H and O–H groups in total. The fourth-order valence-corrected chi connectivity index (χ4v) is 2.91. The minimum absolute atomic E-state index is 0.227. The van der Waals surface area contributed by atoms with Gasteiger partial charge < -0.3 is 10.1 Å². The van der Waals surface area contributed by atoms with E-state index in [1.807, 2.05) is 6.92 Å². The Hall–Kier alpha value is -3.14. The van der Waals surface area contributed by atoms with Crippen LogP contribution in [0.1, 0.15) is 44.9 Å². The number of hydrogen-bond acceptors (Lipinski definition) is 8. The van der Waals surface area contributed by atoms with E-state index in [2.05, 4.69) is 24.4 Å². The van der Waals surface area contributed by atoms with Crippen molar-refractivity contribution in [1.82, 2.24) is 23.7 Å². The first-order chi connectivity index (χ1) is 13.0. The SMILES string of the molecule is CCOC(=O)c1ccc(NC(=O)c2nnn(Cc3nsnc3C)c2C)cc1. The largest absolute Gasteiger partial charge is 0.462 e. The van der Waals surface area contributed by atoms with Gasteiger partial charge in [0.05, 0.1) is 47.5 Å². The van der Waals surface area contributed by atoms with Gasteiger partial charge in [0.2, 0.25) is 0 Å². The van der Waals surface area contributed by atoms with Crippen molar-refractivity contribution < 1.29 is 14.3 Å². The van der Waals surface area contributed by atoms with Gasteiger partial charge >= 0.3 is 5.97 Å². The summed E-state index contributed by atoms with van der Waals surface area (Å²) in [6.45, 7) is 6.10. The van der Waals surface area contributed by atoms with E-state index in [9.17, 15) is 9.59 Å². The zero-order valence-corrected chi connectivity index (χ0v) is 15.9. The maximum atomic E-state index is 12.5. The average Bonchev–Trinajstić information content (AvgIpc) is 3.22. The van der Waals surface area contributed by atoms with Crippen LogP contribution in [0.15, 0.2) is 24.3 Å². The number of aromatic nitrogens is 5. The third kappa shape index (κ3) is 4.17. The summed E-state index contributed by atoms with van der Waals surface area (Å²) in [6, 6.07) is 6.45. The maximum absolute atomic E-state index is 12.5. The molecule has 3 rings (SSSR count). The van der Waals surface area contributed by atoms with Crippen LogP contribution in [0.5, 0.6) is 0 Å². The summed E-state index contributed by atoms with van der Waals surface area (Å²) in [5.41, 5.74) is 3.45. The Bertz CT molecular complexity index is 963. The third-order valence-electron chi connectivity index (χ3n) is 3.90. The van der Waals surface area contributed by atoms with Crippen molar-refractivity contribution in [2.75, 3.05) is 11.9 Å². The van der Waals surface area contributed by atoms with E-state index in [1.165, 1.54) is 0 Å². The lowest BCUT2D eigenvalue weighted by Gasteiger charge is -2.06. The van der Waals surface area contributed by atoms with Crippen LogP contribution in [0.3, 0.4) is 0 Å². The molecule has 0 unspecified atom stereocenters. The second-order valence-electron chi connectivity index (χ2n) is 5.73. The van der Waals surface area contributed by atoms with E-state index in [1.54, 1.807) is 42.8 Å². The van der Waals surface area contributed by atoms with E-state index < -0.39 is 5.97 Å². The molecule has 0 bridgehead atoms. The molecule has 10 heteroatoms. The van der Waals surface area contributed by atoms with Crippen molar-refractivity contribution in [3.63, 3.8) is 0 Å². The number of amides is 1. The first kappa shape index (κ1) is 18.6. The number of esters is 1. The van der Waals surface area contributed by atoms with Gasteiger partial charge in [-0.1, -0.05) is 5.21 Å². The molecule has 0 fully saturated rings. The van der Waals surface area contributed by atoms with Crippen LogP contribution in [0.25, 0.3) is 0 Å². The summed E-state index contributed by atoms with van der Waals surface area (Å²) in [6.07, 6.45) is 0. The highest BCUT2D eigenvalue weighted by molar-refractivity contribution is 6.99. The molecule has 140 valence electrons. The third-order valence-corrected chi connectivity index (χ3v) is 4.56. The van der Waals surface area contributed by atoms with Crippen molar-refractivity contribution in [3.8, 4) is 0 Å². The number of aryl methyl sites for hydroxylation is 1. The monoisotopic (exact) mass is 386 g/mol. The van der Waals surface area contributed by atoms with E-state index >= 15 is 0 Å². The van der Waals surface area contributed by atoms with E-state index in [-0.39, 0.29) is 11.6 Å². The lowest BCUT2D eigenvalue weighted by molar-refractivity contribution is 0.0526. The molecule has 2 heterocycles. The number of rotatable bonds is 6. The predicted octanol–water partition coefficient (Wildman–Crippen LogP) is 2.22. The summed E-state index contributed by atoms with van der Waals surface area (Å²) in [4.78, 5) is 24.2. The van der Waals surface area contributed by atoms with Crippen LogP contribution < -0.4 is 5.32 Å². The number of benzene rings is 1. The molecule has 0 aliphatic rings. The van der Waals surface area contributed by atoms with Crippen molar-refractivity contribution in [3.05, 3.63) is 52.6 Å². The Morgan fingerprint density at radius 1 is 1.19 bits per heavy atom. The quantitative estimate of drug-likeness (QED) is 0.646. The summed E-state index contributed by atoms with van der Waals surface area (Å²) >= 11 is 1.14. The Morgan fingerprint density at radius 2 is 1.93 bits per heavy atom. The van der Waals surface area contributed by atoms with Crippen molar-refractivity contribution in [2.45, 2.75) is 27.3 Å². The summed E-state index contributed by atoms with van der Waals surface area (Å²) in [5, 5.41) is 10.8. The minimum atomic E-state index is -0.402. The van der Waals surface area contributed by atoms with Gasteiger partial charge in [0, 0.05) is 5.69 Å². The molecule has 0 aliphatic heterocycles. The molecule has 0 saturated carbocycles. The average molecular weight is 386 g/mol. The molecule has 0 atom stereocenters. The van der Waals surface area contributed by atoms with Crippen LogP contribution in [0.4, 0.5) is 5.69 Å². The lowest BCUT2D eigenvalue weighted by Crippen LogP contribution is -2.15. The molecule has 2 aromatic heterocycles. The fraction of sp³-hybridized carbons (Fsp3) is 0.294. The Kier molecular flexibility index (Phi) is 5.55. The molecular formula is C17H18N6O3S. The van der Waals surface area contributed by atoms with Gasteiger partial charge in [-0.25, -0.2) is 9.48 Å². The van der Waals surface area contributed by atoms with Crippen LogP contribution in [-0.2, 0) is 11.3 Å². The normalized spacial score (nSPS) is 10.6. The van der Waals surface area contributed by atoms with Crippen molar-refractivity contribution in [2.24, 2.45) is 0 Å². The van der Waals surface area contributed by atoms with Crippen molar-refractivity contribution in [1.29, 1.82) is 0 Å². The Labute approximate surface area is 159 Å². The van der Waals surface area contributed by atoms with Crippen LogP contribution in [0, 0.1) is 13.8 Å². The number of carbonyl (C=O) groups is 2. The van der Waals surface area contributed by atoms with Gasteiger partial charge in [0.1, 0.15) is 0 Å². The second-order valence-corrected chi connectivity index (χ2v) is 6.26. The number of nitrogens with zero attached hydrogens (tertiary/aromatic N) is 5. The molecule has 9 nitrogen and oxygen atoms in total. The number of carbonyl (C=O) groups excluding carboxylic acids is 2. The van der Waals surface area contributed by atoms with E-state index in [4.69, 9.17) is 4.74 Å². The van der Waals surface area contributed by atoms with Gasteiger partial charge in [-0.15, -0.1) is 5.10 Å². The molecule has 1 aromatic carbocycles. The second kappa shape index (κ2) is 8.04. The standard InChI is InChI=1S/C17H18N6O3S/c1-4-26-17(25)12-5-7-13(8-6-12)18-16(24)15-11(3)23(22-19-15)9-14-10(2)20-27-21-14/h5-8H,4,9H2,1-3H3,(H,18,24). The smallest absolute Gasteiger partial charge is 0.338 e. The first-order valence-corrected chi connectivity index (χ1v) is 8.99. The molecule has 0 spiro atoms. The predicted molar refractivity (Wildman–Crippen MR) is 98.9 cm³/mol. The van der Waals surface area contributed by atoms with Gasteiger partial charge in [0.15, 0.2) is 5.69 Å². The van der Waals surface area contributed by atoms with Crippen molar-refractivity contribution >= 4 is 29.3 Å². The fourth-order valence-electron chi connectivity index (χ4n) is 2.35. The maximum Gasteiger partial charge on any atom is 0.338 e. The summed E-state index contributed by atoms with van der Waals surface area (Å²) in [7, 11) is 0. The molecule has 3 aromatic rings. The van der Waals surface area contributed by atoms with Gasteiger partial charge in [-0.2, -0.15) is 8.75 Å². The Balaban J connectivity index is 1.69. The number of anilines is 1. The highest BCUT2D eigenvalue weighted by Crippen LogP contribution is 2.14. The summed E-state index contributed by atoms with van der Waals surface area (Å²) < 4.78 is 14.9. The molecule has 27 heavy (non-hydrogen) atoms. The zero-order valence-electron chi connectivity index (χ0n) is 15.1. The Morgan fingerprint density at radius 3 is 2.56 bits per heavy atom. The zero-order chi connectivity index (χ0) is 19.4. The van der Waals surface area contributed by atoms with E-state index in [0.717, 1.165) is 23.1 Å². The molecular weight excluding hydrogens is 368 g/mol. The lowest BCUT2D eigenvalue weighted by atomic mass is 10.2. The minimum Gasteiger partial charge on any atom is -0.462 e. The van der Waals surface area contributed by atoms with Crippen LogP contribution in [0.2, 0.25) is 0 Å². The van der Waals surface area contributed by atoms with Gasteiger partial charge in [-0.3, -0.25) is 4.79 Å². The van der Waals surface area contributed by atoms with E-state index in [0.29, 0.717) is 30.1 Å². The highest BCUT2D eigenvalue weighted by Gasteiger charge is 2.18. The molecule has 0 aliphatic carbocycles. The first-order valence-electron chi connectivity index (χ1n) is 8.26. The summed E-state index contributed by atoms with van der Waals surface area (Å²) in [5.74, 6) is -0.781. The van der Waals surface area contributed by atoms with Crippen LogP contribution in [-0.4, -0.2) is 42.2 Å². The number of nitrogens with one attached hydrogen (secondary N) is 1. The van der Waals surface area contributed by atoms with Crippen LogP contribution >= 0.6 is 11.7 Å². The van der Waals surface area contributed by atoms with Gasteiger partial charge in [0.25, 0.3) is 5.91 Å². The topological polar surface area (TPSA) is 112 Å². The highest BCUT2D eigenvalue weighted by atomic mass is 32.1.